The zero-order valence-corrected chi connectivity index (χ0v) is 14.3. The quantitative estimate of drug-likeness (QED) is 0.584. The van der Waals surface area contributed by atoms with Gasteiger partial charge in [0.05, 0.1) is 16.5 Å². The van der Waals surface area contributed by atoms with Crippen molar-refractivity contribution in [3.8, 4) is 5.75 Å². The minimum atomic E-state index is -0.393. The van der Waals surface area contributed by atoms with E-state index in [1.54, 1.807) is 0 Å². The highest BCUT2D eigenvalue weighted by molar-refractivity contribution is 9.10. The Labute approximate surface area is 138 Å². The first-order valence-corrected chi connectivity index (χ1v) is 8.07. The van der Waals surface area contributed by atoms with Crippen molar-refractivity contribution < 1.29 is 9.13 Å². The van der Waals surface area contributed by atoms with Gasteiger partial charge in [-0.15, -0.1) is 11.6 Å². The van der Waals surface area contributed by atoms with Crippen LogP contribution in [0, 0.1) is 12.7 Å². The van der Waals surface area contributed by atoms with Crippen molar-refractivity contribution in [3.05, 3.63) is 63.4 Å². The Morgan fingerprint density at radius 1 is 1.19 bits per heavy atom. The molecular weight excluding hydrogens is 355 g/mol. The van der Waals surface area contributed by atoms with Crippen LogP contribution in [0.15, 0.2) is 40.9 Å². The smallest absolute Gasteiger partial charge is 0.133 e. The highest BCUT2D eigenvalue weighted by Gasteiger charge is 2.14. The topological polar surface area (TPSA) is 9.23 Å². The predicted molar refractivity (Wildman–Crippen MR) is 88.8 cm³/mol. The van der Waals surface area contributed by atoms with Crippen LogP contribution >= 0.6 is 27.5 Å². The number of aryl methyl sites for hydroxylation is 1. The molecule has 0 aliphatic heterocycles. The molecule has 0 aliphatic carbocycles. The highest BCUT2D eigenvalue weighted by atomic mass is 79.9. The van der Waals surface area contributed by atoms with Crippen LogP contribution in [0.3, 0.4) is 0 Å². The van der Waals surface area contributed by atoms with Crippen molar-refractivity contribution in [1.82, 2.24) is 0 Å². The molecule has 2 aromatic rings. The van der Waals surface area contributed by atoms with Crippen LogP contribution in [0.5, 0.6) is 5.75 Å². The molecule has 0 spiro atoms. The molecule has 1 nitrogen and oxygen atoms in total. The molecule has 0 N–H and O–H groups in total. The zero-order chi connectivity index (χ0) is 15.4. The summed E-state index contributed by atoms with van der Waals surface area (Å²) < 4.78 is 20.0. The molecule has 0 bridgehead atoms. The molecule has 112 valence electrons. The summed E-state index contributed by atoms with van der Waals surface area (Å²) in [6.07, 6.45) is 0.953. The summed E-state index contributed by atoms with van der Waals surface area (Å²) in [4.78, 5) is 0. The monoisotopic (exact) mass is 370 g/mol. The summed E-state index contributed by atoms with van der Waals surface area (Å²) in [5, 5.41) is -0.393. The number of hydrogen-bond donors (Lipinski definition) is 0. The molecule has 21 heavy (non-hydrogen) atoms. The summed E-state index contributed by atoms with van der Waals surface area (Å²) in [6, 6.07) is 10.6. The SMILES string of the molecule is CCCOc1ccc(C(Cl)c2cc(C)cc(F)c2)cc1Br. The van der Waals surface area contributed by atoms with E-state index in [9.17, 15) is 4.39 Å². The standard InChI is InChI=1S/C17H17BrClFO/c1-3-6-21-16-5-4-12(10-15(16)18)17(19)13-7-11(2)8-14(20)9-13/h4-5,7-10,17H,3,6H2,1-2H3. The summed E-state index contributed by atoms with van der Waals surface area (Å²) in [7, 11) is 0. The maximum absolute atomic E-state index is 13.5. The molecule has 2 rings (SSSR count). The number of alkyl halides is 1. The summed E-state index contributed by atoms with van der Waals surface area (Å²) >= 11 is 9.97. The van der Waals surface area contributed by atoms with Gasteiger partial charge >= 0.3 is 0 Å². The first-order chi connectivity index (χ1) is 10.0. The van der Waals surface area contributed by atoms with Gasteiger partial charge in [0, 0.05) is 0 Å². The average Bonchev–Trinajstić information content (AvgIpc) is 2.44. The van der Waals surface area contributed by atoms with E-state index >= 15 is 0 Å². The molecular formula is C17H17BrClFO. The Balaban J connectivity index is 2.26. The van der Waals surface area contributed by atoms with E-state index < -0.39 is 5.38 Å². The second-order valence-electron chi connectivity index (χ2n) is 4.96. The van der Waals surface area contributed by atoms with Gasteiger partial charge in [0.2, 0.25) is 0 Å². The molecule has 0 amide bonds. The molecule has 0 heterocycles. The molecule has 0 radical (unpaired) electrons. The molecule has 1 atom stereocenters. The first-order valence-electron chi connectivity index (χ1n) is 6.84. The normalized spacial score (nSPS) is 12.2. The van der Waals surface area contributed by atoms with Gasteiger partial charge in [-0.2, -0.15) is 0 Å². The molecule has 1 unspecified atom stereocenters. The van der Waals surface area contributed by atoms with E-state index in [1.807, 2.05) is 31.2 Å². The second-order valence-corrected chi connectivity index (χ2v) is 6.25. The molecule has 2 aromatic carbocycles. The van der Waals surface area contributed by atoms with Crippen LogP contribution in [-0.2, 0) is 0 Å². The van der Waals surface area contributed by atoms with Crippen LogP contribution in [0.4, 0.5) is 4.39 Å². The van der Waals surface area contributed by atoms with Gasteiger partial charge in [0.25, 0.3) is 0 Å². The fourth-order valence-corrected chi connectivity index (χ4v) is 2.88. The Kier molecular flexibility index (Phi) is 5.65. The van der Waals surface area contributed by atoms with Crippen LogP contribution in [0.25, 0.3) is 0 Å². The highest BCUT2D eigenvalue weighted by Crippen LogP contribution is 2.34. The first kappa shape index (κ1) is 16.3. The van der Waals surface area contributed by atoms with E-state index in [1.165, 1.54) is 12.1 Å². The van der Waals surface area contributed by atoms with Crippen LogP contribution in [0.1, 0.15) is 35.4 Å². The maximum Gasteiger partial charge on any atom is 0.133 e. The van der Waals surface area contributed by atoms with Crippen molar-refractivity contribution >= 4 is 27.5 Å². The second kappa shape index (κ2) is 7.28. The molecule has 4 heteroatoms. The molecule has 0 aliphatic rings. The van der Waals surface area contributed by atoms with E-state index in [0.717, 1.165) is 33.3 Å². The van der Waals surface area contributed by atoms with E-state index in [2.05, 4.69) is 22.9 Å². The number of halogens is 3. The molecule has 0 saturated heterocycles. The van der Waals surface area contributed by atoms with Gasteiger partial charge < -0.3 is 4.74 Å². The van der Waals surface area contributed by atoms with Crippen molar-refractivity contribution in [2.75, 3.05) is 6.61 Å². The Bertz CT molecular complexity index is 610. The van der Waals surface area contributed by atoms with Gasteiger partial charge in [0.15, 0.2) is 0 Å². The lowest BCUT2D eigenvalue weighted by Gasteiger charge is -2.14. The maximum atomic E-state index is 13.5. The number of ether oxygens (including phenoxy) is 1. The van der Waals surface area contributed by atoms with Gasteiger partial charge in [0.1, 0.15) is 11.6 Å². The zero-order valence-electron chi connectivity index (χ0n) is 12.0. The lowest BCUT2D eigenvalue weighted by atomic mass is 10.0. The van der Waals surface area contributed by atoms with Crippen molar-refractivity contribution in [1.29, 1.82) is 0 Å². The molecule has 0 saturated carbocycles. The fourth-order valence-electron chi connectivity index (χ4n) is 2.11. The Morgan fingerprint density at radius 3 is 2.57 bits per heavy atom. The Hall–Kier alpha value is -1.06. The van der Waals surface area contributed by atoms with Crippen molar-refractivity contribution in [2.45, 2.75) is 25.6 Å². The number of benzene rings is 2. The summed E-state index contributed by atoms with van der Waals surface area (Å²) in [5.41, 5.74) is 2.51. The van der Waals surface area contributed by atoms with Crippen LogP contribution in [-0.4, -0.2) is 6.61 Å². The van der Waals surface area contributed by atoms with Gasteiger partial charge in [-0.1, -0.05) is 19.1 Å². The van der Waals surface area contributed by atoms with Crippen molar-refractivity contribution in [2.24, 2.45) is 0 Å². The van der Waals surface area contributed by atoms with Gasteiger partial charge in [-0.3, -0.25) is 0 Å². The van der Waals surface area contributed by atoms with E-state index in [0.29, 0.717) is 6.61 Å². The third kappa shape index (κ3) is 4.21. The third-order valence-corrected chi connectivity index (χ3v) is 4.19. The van der Waals surface area contributed by atoms with Crippen molar-refractivity contribution in [3.63, 3.8) is 0 Å². The Morgan fingerprint density at radius 2 is 1.95 bits per heavy atom. The minimum absolute atomic E-state index is 0.266. The fraction of sp³-hybridized carbons (Fsp3) is 0.294. The minimum Gasteiger partial charge on any atom is -0.492 e. The lowest BCUT2D eigenvalue weighted by molar-refractivity contribution is 0.315. The molecule has 0 fully saturated rings. The average molecular weight is 372 g/mol. The van der Waals surface area contributed by atoms with Crippen LogP contribution < -0.4 is 4.74 Å². The third-order valence-electron chi connectivity index (χ3n) is 3.07. The lowest BCUT2D eigenvalue weighted by Crippen LogP contribution is -1.98. The number of rotatable bonds is 5. The summed E-state index contributed by atoms with van der Waals surface area (Å²) in [5.74, 6) is 0.525. The summed E-state index contributed by atoms with van der Waals surface area (Å²) in [6.45, 7) is 4.59. The predicted octanol–water partition coefficient (Wildman–Crippen LogP) is 6.01. The van der Waals surface area contributed by atoms with Gasteiger partial charge in [-0.25, -0.2) is 4.39 Å². The van der Waals surface area contributed by atoms with Crippen LogP contribution in [0.2, 0.25) is 0 Å². The number of hydrogen-bond acceptors (Lipinski definition) is 1. The van der Waals surface area contributed by atoms with E-state index in [-0.39, 0.29) is 5.82 Å². The van der Waals surface area contributed by atoms with E-state index in [4.69, 9.17) is 16.3 Å². The molecule has 0 aromatic heterocycles. The largest absolute Gasteiger partial charge is 0.492 e. The van der Waals surface area contributed by atoms with Gasteiger partial charge in [-0.05, 0) is 70.2 Å².